The Morgan fingerprint density at radius 2 is 1.22 bits per heavy atom. The molecule has 3 aromatic carbocycles. The molecule has 242 valence electrons. The molecule has 0 saturated carbocycles. The first-order chi connectivity index (χ1) is 21.3. The van der Waals surface area contributed by atoms with Crippen molar-refractivity contribution in [3.63, 3.8) is 0 Å². The second-order valence-electron chi connectivity index (χ2n) is 13.9. The van der Waals surface area contributed by atoms with Gasteiger partial charge in [-0.1, -0.05) is 107 Å². The van der Waals surface area contributed by atoms with Gasteiger partial charge in [0.25, 0.3) is 0 Å². The molecular formula is C38H50O6Si. The van der Waals surface area contributed by atoms with Crippen LogP contribution >= 0.6 is 0 Å². The molecule has 1 aliphatic rings. The molecule has 0 fully saturated rings. The van der Waals surface area contributed by atoms with E-state index in [-0.39, 0.29) is 10.8 Å². The lowest BCUT2D eigenvalue weighted by atomic mass is 9.73. The van der Waals surface area contributed by atoms with Gasteiger partial charge in [-0.15, -0.1) is 0 Å². The molecule has 0 heterocycles. The molecule has 0 bridgehead atoms. The van der Waals surface area contributed by atoms with Crippen LogP contribution in [0.1, 0.15) is 51.3 Å². The molecule has 0 N–H and O–H groups in total. The minimum atomic E-state index is -2.39. The second-order valence-corrected chi connectivity index (χ2v) is 18.7. The van der Waals surface area contributed by atoms with Gasteiger partial charge in [0.15, 0.2) is 14.1 Å². The van der Waals surface area contributed by atoms with Gasteiger partial charge in [-0.3, -0.25) is 4.79 Å². The lowest BCUT2D eigenvalue weighted by Crippen LogP contribution is -2.60. The fourth-order valence-electron chi connectivity index (χ4n) is 5.27. The molecule has 0 radical (unpaired) electrons. The van der Waals surface area contributed by atoms with Crippen LogP contribution < -0.4 is 4.74 Å². The Morgan fingerprint density at radius 3 is 1.76 bits per heavy atom. The average molecular weight is 631 g/mol. The van der Waals surface area contributed by atoms with Gasteiger partial charge in [-0.05, 0) is 59.1 Å². The molecule has 4 rings (SSSR count). The Hall–Kier alpha value is -3.07. The molecule has 7 heteroatoms. The zero-order valence-electron chi connectivity index (χ0n) is 28.1. The van der Waals surface area contributed by atoms with Crippen LogP contribution in [0.15, 0.2) is 97.1 Å². The van der Waals surface area contributed by atoms with E-state index in [4.69, 9.17) is 23.4 Å². The normalized spacial score (nSPS) is 22.8. The zero-order chi connectivity index (χ0) is 32.7. The summed E-state index contributed by atoms with van der Waals surface area (Å²) in [6.45, 7) is 16.3. The molecule has 45 heavy (non-hydrogen) atoms. The topological polar surface area (TPSA) is 63.2 Å². The number of rotatable bonds is 12. The molecule has 0 amide bonds. The lowest BCUT2D eigenvalue weighted by Gasteiger charge is -2.50. The van der Waals surface area contributed by atoms with Crippen LogP contribution in [0.3, 0.4) is 0 Å². The maximum atomic E-state index is 14.0. The fourth-order valence-corrected chi connectivity index (χ4v) is 6.69. The zero-order valence-corrected chi connectivity index (χ0v) is 29.1. The standard InChI is InChI=1S/C38H50O6Si/c1-37(2,3)45(7,8)44-36-34(42-26-29-17-13-10-14-18-29)32(39)23-24-33(41-25-28-15-11-9-12-16-28)35(38(36,4)5)43-27-30-19-21-31(40-6)22-20-30/h9-24,33-36H,25-27H2,1-8H3/b24-23-. The Bertz CT molecular complexity index is 1380. The van der Waals surface area contributed by atoms with E-state index in [1.54, 1.807) is 13.2 Å². The minimum Gasteiger partial charge on any atom is -0.497 e. The molecule has 3 aromatic rings. The maximum absolute atomic E-state index is 14.0. The molecule has 0 aliphatic heterocycles. The largest absolute Gasteiger partial charge is 0.497 e. The van der Waals surface area contributed by atoms with Gasteiger partial charge >= 0.3 is 0 Å². The minimum absolute atomic E-state index is 0.0863. The van der Waals surface area contributed by atoms with Gasteiger partial charge in [-0.2, -0.15) is 0 Å². The second kappa shape index (κ2) is 15.0. The van der Waals surface area contributed by atoms with Crippen molar-refractivity contribution in [1.29, 1.82) is 0 Å². The summed E-state index contributed by atoms with van der Waals surface area (Å²) in [5.41, 5.74) is 2.35. The highest BCUT2D eigenvalue weighted by Crippen LogP contribution is 2.44. The van der Waals surface area contributed by atoms with Crippen LogP contribution in [0, 0.1) is 5.41 Å². The van der Waals surface area contributed by atoms with Gasteiger partial charge in [-0.25, -0.2) is 0 Å². The summed E-state index contributed by atoms with van der Waals surface area (Å²) in [4.78, 5) is 14.0. The summed E-state index contributed by atoms with van der Waals surface area (Å²) in [6.07, 6.45) is 1.05. The molecular weight excluding hydrogens is 580 g/mol. The highest BCUT2D eigenvalue weighted by Gasteiger charge is 2.53. The quantitative estimate of drug-likeness (QED) is 0.188. The van der Waals surface area contributed by atoms with Crippen LogP contribution in [-0.4, -0.2) is 45.6 Å². The smallest absolute Gasteiger partial charge is 0.192 e. The van der Waals surface area contributed by atoms with Crippen molar-refractivity contribution in [2.45, 2.75) is 97.0 Å². The van der Waals surface area contributed by atoms with Crippen LogP contribution in [0.2, 0.25) is 18.1 Å². The van der Waals surface area contributed by atoms with E-state index in [9.17, 15) is 4.79 Å². The van der Waals surface area contributed by atoms with Gasteiger partial charge < -0.3 is 23.4 Å². The third-order valence-electron chi connectivity index (χ3n) is 9.14. The van der Waals surface area contributed by atoms with Crippen molar-refractivity contribution in [2.75, 3.05) is 7.11 Å². The van der Waals surface area contributed by atoms with Crippen LogP contribution in [0.5, 0.6) is 5.75 Å². The first-order valence-electron chi connectivity index (χ1n) is 15.8. The molecule has 6 nitrogen and oxygen atoms in total. The van der Waals surface area contributed by atoms with Gasteiger partial charge in [0.05, 0.1) is 39.1 Å². The number of methoxy groups -OCH3 is 1. The molecule has 4 atom stereocenters. The highest BCUT2D eigenvalue weighted by molar-refractivity contribution is 6.74. The van der Waals surface area contributed by atoms with Crippen molar-refractivity contribution >= 4 is 14.1 Å². The molecule has 1 aliphatic carbocycles. The Balaban J connectivity index is 1.74. The SMILES string of the molecule is COc1ccc(COC2C(OCc3ccccc3)/C=C\C(=O)C(OCc3ccccc3)C(O[Si](C)(C)C(C)(C)C)C2(C)C)cc1. The number of hydrogen-bond donors (Lipinski definition) is 0. The Kier molecular flexibility index (Phi) is 11.6. The van der Waals surface area contributed by atoms with E-state index >= 15 is 0 Å². The van der Waals surface area contributed by atoms with E-state index in [1.807, 2.05) is 91.0 Å². The van der Waals surface area contributed by atoms with Gasteiger partial charge in [0, 0.05) is 5.41 Å². The van der Waals surface area contributed by atoms with E-state index < -0.39 is 38.1 Å². The predicted octanol–water partition coefficient (Wildman–Crippen LogP) is 8.31. The number of benzene rings is 3. The summed E-state index contributed by atoms with van der Waals surface area (Å²) in [5, 5.41) is -0.0863. The fraction of sp³-hybridized carbons (Fsp3) is 0.447. The van der Waals surface area contributed by atoms with Crippen molar-refractivity contribution in [3.05, 3.63) is 114 Å². The van der Waals surface area contributed by atoms with Crippen molar-refractivity contribution in [3.8, 4) is 5.75 Å². The summed E-state index contributed by atoms with van der Waals surface area (Å²) >= 11 is 0. The van der Waals surface area contributed by atoms with Crippen LogP contribution in [-0.2, 0) is 43.3 Å². The monoisotopic (exact) mass is 630 g/mol. The summed E-state index contributed by atoms with van der Waals surface area (Å²) in [7, 11) is -0.730. The van der Waals surface area contributed by atoms with E-state index in [0.717, 1.165) is 22.4 Å². The average Bonchev–Trinajstić information content (AvgIpc) is 3.01. The third-order valence-corrected chi connectivity index (χ3v) is 13.6. The number of carbonyl (C=O) groups is 1. The van der Waals surface area contributed by atoms with E-state index in [2.05, 4.69) is 47.7 Å². The van der Waals surface area contributed by atoms with Crippen molar-refractivity contribution in [1.82, 2.24) is 0 Å². The number of ether oxygens (including phenoxy) is 4. The number of hydrogen-bond acceptors (Lipinski definition) is 6. The summed E-state index contributed by atoms with van der Waals surface area (Å²) < 4.78 is 32.5. The number of carbonyl (C=O) groups excluding carboxylic acids is 1. The predicted molar refractivity (Wildman–Crippen MR) is 182 cm³/mol. The summed E-state index contributed by atoms with van der Waals surface area (Å²) in [5.74, 6) is 0.654. The Morgan fingerprint density at radius 1 is 0.711 bits per heavy atom. The molecule has 4 unspecified atom stereocenters. The van der Waals surface area contributed by atoms with Gasteiger partial charge in [0.1, 0.15) is 18.0 Å². The Labute approximate surface area is 270 Å². The van der Waals surface area contributed by atoms with Crippen LogP contribution in [0.25, 0.3) is 0 Å². The third kappa shape index (κ3) is 9.02. The van der Waals surface area contributed by atoms with Crippen molar-refractivity contribution in [2.24, 2.45) is 5.41 Å². The van der Waals surface area contributed by atoms with E-state index in [1.165, 1.54) is 0 Å². The van der Waals surface area contributed by atoms with Crippen LogP contribution in [0.4, 0.5) is 0 Å². The molecule has 0 spiro atoms. The lowest BCUT2D eigenvalue weighted by molar-refractivity contribution is -0.178. The first kappa shape index (κ1) is 34.8. The molecule has 0 aromatic heterocycles. The maximum Gasteiger partial charge on any atom is 0.192 e. The highest BCUT2D eigenvalue weighted by atomic mass is 28.4. The first-order valence-corrected chi connectivity index (χ1v) is 18.7. The van der Waals surface area contributed by atoms with E-state index in [0.29, 0.717) is 19.8 Å². The number of ketones is 1. The van der Waals surface area contributed by atoms with Crippen molar-refractivity contribution < 1.29 is 28.2 Å². The summed E-state index contributed by atoms with van der Waals surface area (Å²) in [6, 6.07) is 27.9. The molecule has 0 saturated heterocycles. The van der Waals surface area contributed by atoms with Gasteiger partial charge in [0.2, 0.25) is 0 Å².